The van der Waals surface area contributed by atoms with Crippen molar-refractivity contribution in [2.24, 2.45) is 0 Å². The fraction of sp³-hybridized carbons (Fsp3) is 0.966. The number of likely N-dealkylation sites (N-methyl/N-ethyl adjacent to an activating group) is 1. The molecule has 2 unspecified atom stereocenters. The van der Waals surface area contributed by atoms with E-state index in [0.717, 1.165) is 12.8 Å². The van der Waals surface area contributed by atoms with Gasteiger partial charge in [0, 0.05) is 18.5 Å². The van der Waals surface area contributed by atoms with E-state index in [1.165, 1.54) is 116 Å². The third-order valence-electron chi connectivity index (χ3n) is 7.19. The SMILES string of the molecule is CCCCCCCCCCCCCCCCCCCCCC(=O)NC(CC)C(C)N(C)C.O=S(=O)(O)O. The van der Waals surface area contributed by atoms with Gasteiger partial charge < -0.3 is 10.2 Å². The third kappa shape index (κ3) is 33.3. The Hall–Kier alpha value is -0.700. The molecule has 1 amide bonds. The molecule has 0 aromatic carbocycles. The van der Waals surface area contributed by atoms with Gasteiger partial charge in [0.1, 0.15) is 0 Å². The van der Waals surface area contributed by atoms with Crippen LogP contribution in [0.15, 0.2) is 0 Å². The highest BCUT2D eigenvalue weighted by Gasteiger charge is 2.18. The topological polar surface area (TPSA) is 107 Å². The number of unbranched alkanes of at least 4 members (excludes halogenated alkanes) is 18. The predicted molar refractivity (Wildman–Crippen MR) is 158 cm³/mol. The number of rotatable bonds is 24. The van der Waals surface area contributed by atoms with Crippen molar-refractivity contribution < 1.29 is 22.3 Å². The van der Waals surface area contributed by atoms with Crippen LogP contribution in [0.25, 0.3) is 0 Å². The summed E-state index contributed by atoms with van der Waals surface area (Å²) in [4.78, 5) is 14.4. The van der Waals surface area contributed by atoms with Crippen molar-refractivity contribution in [1.29, 1.82) is 0 Å². The molecule has 0 fully saturated rings. The second-order valence-corrected chi connectivity index (χ2v) is 11.7. The number of hydrogen-bond donors (Lipinski definition) is 3. The van der Waals surface area contributed by atoms with Crippen LogP contribution in [0.4, 0.5) is 0 Å². The first-order valence-corrected chi connectivity index (χ1v) is 16.6. The molecule has 3 N–H and O–H groups in total. The Kier molecular flexibility index (Phi) is 27.9. The summed E-state index contributed by atoms with van der Waals surface area (Å²) in [6.45, 7) is 6.63. The zero-order valence-electron chi connectivity index (χ0n) is 25.0. The molecular formula is C29H62N2O5S. The predicted octanol–water partition coefficient (Wildman–Crippen LogP) is 8.00. The number of amides is 1. The summed E-state index contributed by atoms with van der Waals surface area (Å²) in [6, 6.07) is 0.645. The van der Waals surface area contributed by atoms with Gasteiger partial charge in [-0.05, 0) is 33.9 Å². The van der Waals surface area contributed by atoms with E-state index in [1.807, 2.05) is 0 Å². The first-order chi connectivity index (χ1) is 17.5. The van der Waals surface area contributed by atoms with Gasteiger partial charge in [0.15, 0.2) is 0 Å². The quantitative estimate of drug-likeness (QED) is 0.0830. The third-order valence-corrected chi connectivity index (χ3v) is 7.19. The molecule has 0 saturated carbocycles. The number of hydrogen-bond acceptors (Lipinski definition) is 4. The Bertz CT molecular complexity index is 591. The highest BCUT2D eigenvalue weighted by atomic mass is 32.3. The molecular weight excluding hydrogens is 488 g/mol. The summed E-state index contributed by atoms with van der Waals surface area (Å²) in [5.74, 6) is 0.234. The number of nitrogens with zero attached hydrogens (tertiary/aromatic N) is 1. The van der Waals surface area contributed by atoms with Crippen LogP contribution >= 0.6 is 0 Å². The van der Waals surface area contributed by atoms with Crippen LogP contribution in [-0.2, 0) is 15.2 Å². The molecule has 0 radical (unpaired) electrons. The molecule has 0 rings (SSSR count). The summed E-state index contributed by atoms with van der Waals surface area (Å²) in [6.07, 6.45) is 28.1. The minimum absolute atomic E-state index is 0.234. The minimum atomic E-state index is -4.67. The molecule has 2 atom stereocenters. The van der Waals surface area contributed by atoms with E-state index < -0.39 is 10.4 Å². The Labute approximate surface area is 230 Å². The molecule has 7 nitrogen and oxygen atoms in total. The molecule has 0 aliphatic rings. The van der Waals surface area contributed by atoms with Crippen molar-refractivity contribution in [3.05, 3.63) is 0 Å². The van der Waals surface area contributed by atoms with Crippen LogP contribution in [0.5, 0.6) is 0 Å². The van der Waals surface area contributed by atoms with Crippen LogP contribution in [0.3, 0.4) is 0 Å². The first kappa shape index (κ1) is 38.4. The molecule has 0 bridgehead atoms. The van der Waals surface area contributed by atoms with Crippen molar-refractivity contribution in [3.8, 4) is 0 Å². The monoisotopic (exact) mass is 550 g/mol. The minimum Gasteiger partial charge on any atom is -0.352 e. The van der Waals surface area contributed by atoms with Gasteiger partial charge in [-0.25, -0.2) is 0 Å². The molecule has 0 spiro atoms. The Morgan fingerprint density at radius 2 is 0.973 bits per heavy atom. The molecule has 0 aromatic rings. The largest absolute Gasteiger partial charge is 0.394 e. The summed E-state index contributed by atoms with van der Waals surface area (Å²) in [5, 5.41) is 3.23. The lowest BCUT2D eigenvalue weighted by Crippen LogP contribution is -2.47. The smallest absolute Gasteiger partial charge is 0.352 e. The number of carbonyl (C=O) groups excluding carboxylic acids is 1. The Morgan fingerprint density at radius 3 is 1.24 bits per heavy atom. The number of carbonyl (C=O) groups is 1. The van der Waals surface area contributed by atoms with Gasteiger partial charge in [-0.15, -0.1) is 0 Å². The van der Waals surface area contributed by atoms with Crippen LogP contribution in [0.1, 0.15) is 156 Å². The maximum Gasteiger partial charge on any atom is 0.394 e. The highest BCUT2D eigenvalue weighted by Crippen LogP contribution is 2.15. The van der Waals surface area contributed by atoms with Gasteiger partial charge in [0.05, 0.1) is 0 Å². The van der Waals surface area contributed by atoms with E-state index in [9.17, 15) is 4.79 Å². The highest BCUT2D eigenvalue weighted by molar-refractivity contribution is 7.79. The summed E-state index contributed by atoms with van der Waals surface area (Å²) in [5.41, 5.74) is 0. The summed E-state index contributed by atoms with van der Waals surface area (Å²) < 4.78 is 31.6. The molecule has 0 saturated heterocycles. The van der Waals surface area contributed by atoms with E-state index in [4.69, 9.17) is 17.5 Å². The lowest BCUT2D eigenvalue weighted by Gasteiger charge is -2.29. The maximum atomic E-state index is 12.2. The lowest BCUT2D eigenvalue weighted by molar-refractivity contribution is -0.122. The maximum absolute atomic E-state index is 12.2. The van der Waals surface area contributed by atoms with Gasteiger partial charge in [0.2, 0.25) is 5.91 Å². The van der Waals surface area contributed by atoms with E-state index >= 15 is 0 Å². The fourth-order valence-corrected chi connectivity index (χ4v) is 4.57. The van der Waals surface area contributed by atoms with Crippen LogP contribution in [0, 0.1) is 0 Å². The Morgan fingerprint density at radius 1 is 0.676 bits per heavy atom. The second-order valence-electron chi connectivity index (χ2n) is 10.8. The Balaban J connectivity index is 0. The van der Waals surface area contributed by atoms with E-state index in [1.54, 1.807) is 0 Å². The van der Waals surface area contributed by atoms with Gasteiger partial charge >= 0.3 is 10.4 Å². The van der Waals surface area contributed by atoms with Crippen molar-refractivity contribution in [2.75, 3.05) is 14.1 Å². The van der Waals surface area contributed by atoms with Crippen molar-refractivity contribution >= 4 is 16.3 Å². The summed E-state index contributed by atoms with van der Waals surface area (Å²) >= 11 is 0. The first-order valence-electron chi connectivity index (χ1n) is 15.2. The molecule has 37 heavy (non-hydrogen) atoms. The number of nitrogens with one attached hydrogen (secondary N) is 1. The fourth-order valence-electron chi connectivity index (χ4n) is 4.57. The van der Waals surface area contributed by atoms with Crippen LogP contribution < -0.4 is 5.32 Å². The summed E-state index contributed by atoms with van der Waals surface area (Å²) in [7, 11) is -0.505. The van der Waals surface area contributed by atoms with E-state index in [-0.39, 0.29) is 11.9 Å². The average Bonchev–Trinajstić information content (AvgIpc) is 2.82. The van der Waals surface area contributed by atoms with Crippen LogP contribution in [0.2, 0.25) is 0 Å². The van der Waals surface area contributed by atoms with Crippen molar-refractivity contribution in [3.63, 3.8) is 0 Å². The zero-order chi connectivity index (χ0) is 28.4. The van der Waals surface area contributed by atoms with Gasteiger partial charge in [-0.3, -0.25) is 13.9 Å². The molecule has 224 valence electrons. The molecule has 0 aliphatic carbocycles. The van der Waals surface area contributed by atoms with Crippen LogP contribution in [-0.4, -0.2) is 54.5 Å². The molecule has 0 aliphatic heterocycles. The van der Waals surface area contributed by atoms with E-state index in [0.29, 0.717) is 12.5 Å². The van der Waals surface area contributed by atoms with Gasteiger partial charge in [-0.2, -0.15) is 8.42 Å². The lowest BCUT2D eigenvalue weighted by atomic mass is 10.0. The zero-order valence-corrected chi connectivity index (χ0v) is 25.8. The molecule has 8 heteroatoms. The van der Waals surface area contributed by atoms with Gasteiger partial charge in [-0.1, -0.05) is 129 Å². The molecule has 0 heterocycles. The molecule has 0 aromatic heterocycles. The average molecular weight is 551 g/mol. The van der Waals surface area contributed by atoms with E-state index in [2.05, 4.69) is 45.1 Å². The second kappa shape index (κ2) is 26.9. The van der Waals surface area contributed by atoms with Gasteiger partial charge in [0.25, 0.3) is 0 Å². The van der Waals surface area contributed by atoms with Crippen molar-refractivity contribution in [2.45, 2.75) is 168 Å². The normalized spacial score (nSPS) is 13.2. The standard InChI is InChI=1S/C29H60N2O.H2O4S/c1-6-8-9-10-11-12-13-14-15-16-17-18-19-20-21-22-23-24-25-26-29(32)30-28(7-2)27(3)31(4)5;1-5(2,3)4/h27-28H,6-26H2,1-5H3,(H,30,32);(H2,1,2,3,4). The van der Waals surface area contributed by atoms with Crippen molar-refractivity contribution in [1.82, 2.24) is 10.2 Å².